The Kier molecular flexibility index (Phi) is 6.35. The van der Waals surface area contributed by atoms with Crippen molar-refractivity contribution in [3.05, 3.63) is 36.4 Å². The van der Waals surface area contributed by atoms with E-state index in [0.29, 0.717) is 11.7 Å². The minimum Gasteiger partial charge on any atom is -0.370 e. The standard InChI is InChI=1S/C23H32N6O/c1-2-3-4-5-6-7-13-28-15-12-17-10-11-18(16-20(17)28)21-26-22(30-27-21)19-9-8-14-29(19)23(24)25/h10-12,15-16,19H,2-9,13-14H2,1H3,(H3,24,25). The monoisotopic (exact) mass is 408 g/mol. The van der Waals surface area contributed by atoms with Gasteiger partial charge in [-0.1, -0.05) is 56.3 Å². The number of rotatable bonds is 9. The largest absolute Gasteiger partial charge is 0.370 e. The number of aryl methyl sites for hydroxylation is 1. The van der Waals surface area contributed by atoms with Crippen molar-refractivity contribution >= 4 is 16.9 Å². The van der Waals surface area contributed by atoms with E-state index in [1.165, 1.54) is 49.4 Å². The fraction of sp³-hybridized carbons (Fsp3) is 0.522. The van der Waals surface area contributed by atoms with Crippen LogP contribution in [0.2, 0.25) is 0 Å². The number of unbranched alkanes of at least 4 members (excludes halogenated alkanes) is 5. The van der Waals surface area contributed by atoms with Crippen molar-refractivity contribution in [3.8, 4) is 11.4 Å². The van der Waals surface area contributed by atoms with Gasteiger partial charge in [-0.05, 0) is 36.8 Å². The summed E-state index contributed by atoms with van der Waals surface area (Å²) in [5.74, 6) is 1.20. The number of benzene rings is 1. The maximum Gasteiger partial charge on any atom is 0.249 e. The Morgan fingerprint density at radius 2 is 2.03 bits per heavy atom. The lowest BCUT2D eigenvalue weighted by molar-refractivity contribution is 0.283. The molecule has 0 bridgehead atoms. The third kappa shape index (κ3) is 4.35. The predicted molar refractivity (Wildman–Crippen MR) is 119 cm³/mol. The fourth-order valence-electron chi connectivity index (χ4n) is 4.38. The van der Waals surface area contributed by atoms with Crippen molar-refractivity contribution in [2.45, 2.75) is 70.9 Å². The van der Waals surface area contributed by atoms with Crippen LogP contribution in [0.5, 0.6) is 0 Å². The summed E-state index contributed by atoms with van der Waals surface area (Å²) in [5.41, 5.74) is 7.86. The van der Waals surface area contributed by atoms with Crippen LogP contribution in [0.15, 0.2) is 35.0 Å². The van der Waals surface area contributed by atoms with Crippen LogP contribution in [0.4, 0.5) is 0 Å². The van der Waals surface area contributed by atoms with Crippen LogP contribution in [0.25, 0.3) is 22.3 Å². The molecule has 1 unspecified atom stereocenters. The Morgan fingerprint density at radius 3 is 2.87 bits per heavy atom. The van der Waals surface area contributed by atoms with E-state index in [9.17, 15) is 0 Å². The summed E-state index contributed by atoms with van der Waals surface area (Å²) in [5, 5.41) is 13.2. The van der Waals surface area contributed by atoms with E-state index >= 15 is 0 Å². The van der Waals surface area contributed by atoms with Crippen molar-refractivity contribution < 1.29 is 4.52 Å². The van der Waals surface area contributed by atoms with E-state index in [4.69, 9.17) is 15.7 Å². The molecule has 0 radical (unpaired) electrons. The van der Waals surface area contributed by atoms with Crippen molar-refractivity contribution in [3.63, 3.8) is 0 Å². The molecule has 3 N–H and O–H groups in total. The maximum atomic E-state index is 7.75. The average Bonchev–Trinajstić information content (AvgIpc) is 3.49. The molecular formula is C23H32N6O. The average molecular weight is 409 g/mol. The SMILES string of the molecule is CCCCCCCCn1ccc2ccc(-c3noc(C4CCCN4C(=N)N)n3)cc21. The van der Waals surface area contributed by atoms with Gasteiger partial charge in [-0.3, -0.25) is 5.41 Å². The minimum absolute atomic E-state index is 0.0613. The molecule has 1 aliphatic heterocycles. The second-order valence-electron chi connectivity index (χ2n) is 8.24. The van der Waals surface area contributed by atoms with Gasteiger partial charge in [-0.15, -0.1) is 0 Å². The number of fused-ring (bicyclic) bond motifs is 1. The highest BCUT2D eigenvalue weighted by atomic mass is 16.5. The normalized spacial score (nSPS) is 16.6. The molecule has 3 aromatic rings. The van der Waals surface area contributed by atoms with Gasteiger partial charge in [0.1, 0.15) is 6.04 Å². The molecule has 1 aromatic carbocycles. The van der Waals surface area contributed by atoms with E-state index in [0.717, 1.165) is 31.5 Å². The van der Waals surface area contributed by atoms with Gasteiger partial charge in [0.2, 0.25) is 11.7 Å². The zero-order chi connectivity index (χ0) is 20.9. The van der Waals surface area contributed by atoms with Gasteiger partial charge >= 0.3 is 0 Å². The first kappa shape index (κ1) is 20.4. The number of likely N-dealkylation sites (tertiary alicyclic amines) is 1. The Bertz CT molecular complexity index is 991. The van der Waals surface area contributed by atoms with Gasteiger partial charge in [0.05, 0.1) is 0 Å². The topological polar surface area (TPSA) is 97.0 Å². The summed E-state index contributed by atoms with van der Waals surface area (Å²) in [6.07, 6.45) is 11.8. The highest BCUT2D eigenvalue weighted by Gasteiger charge is 2.31. The van der Waals surface area contributed by atoms with Crippen molar-refractivity contribution in [1.82, 2.24) is 19.6 Å². The first-order valence-electron chi connectivity index (χ1n) is 11.2. The van der Waals surface area contributed by atoms with Gasteiger partial charge < -0.3 is 19.7 Å². The first-order valence-corrected chi connectivity index (χ1v) is 11.2. The van der Waals surface area contributed by atoms with Gasteiger partial charge in [0, 0.05) is 30.4 Å². The number of guanidine groups is 1. The molecule has 1 aliphatic rings. The molecule has 160 valence electrons. The van der Waals surface area contributed by atoms with Crippen LogP contribution in [0.3, 0.4) is 0 Å². The van der Waals surface area contributed by atoms with Crippen molar-refractivity contribution in [2.75, 3.05) is 6.54 Å². The van der Waals surface area contributed by atoms with Gasteiger partial charge in [0.15, 0.2) is 5.96 Å². The zero-order valence-corrected chi connectivity index (χ0v) is 17.8. The molecule has 2 aromatic heterocycles. The molecule has 4 rings (SSSR count). The molecular weight excluding hydrogens is 376 g/mol. The van der Waals surface area contributed by atoms with E-state index in [-0.39, 0.29) is 12.0 Å². The molecule has 0 saturated carbocycles. The Balaban J connectivity index is 1.47. The van der Waals surface area contributed by atoms with Crippen LogP contribution < -0.4 is 5.73 Å². The molecule has 7 heteroatoms. The lowest BCUT2D eigenvalue weighted by atomic mass is 10.1. The number of hydrogen-bond acceptors (Lipinski definition) is 4. The molecule has 30 heavy (non-hydrogen) atoms. The quantitative estimate of drug-likeness (QED) is 0.292. The summed E-state index contributed by atoms with van der Waals surface area (Å²) < 4.78 is 7.88. The molecule has 1 saturated heterocycles. The molecule has 0 spiro atoms. The zero-order valence-electron chi connectivity index (χ0n) is 17.8. The minimum atomic E-state index is -0.0935. The van der Waals surface area contributed by atoms with Crippen LogP contribution in [0, 0.1) is 5.41 Å². The Labute approximate surface area is 177 Å². The van der Waals surface area contributed by atoms with Gasteiger partial charge in [0.25, 0.3) is 0 Å². The molecule has 1 fully saturated rings. The highest BCUT2D eigenvalue weighted by molar-refractivity contribution is 5.84. The summed E-state index contributed by atoms with van der Waals surface area (Å²) in [6.45, 7) is 4.05. The fourth-order valence-corrected chi connectivity index (χ4v) is 4.38. The molecule has 0 amide bonds. The summed E-state index contributed by atoms with van der Waals surface area (Å²) in [6, 6.07) is 8.39. The summed E-state index contributed by atoms with van der Waals surface area (Å²) >= 11 is 0. The molecule has 7 nitrogen and oxygen atoms in total. The van der Waals surface area contributed by atoms with Gasteiger partial charge in [-0.25, -0.2) is 0 Å². The Hall–Kier alpha value is -2.83. The predicted octanol–water partition coefficient (Wildman–Crippen LogP) is 5.08. The van der Waals surface area contributed by atoms with Gasteiger partial charge in [-0.2, -0.15) is 4.98 Å². The molecule has 1 atom stereocenters. The van der Waals surface area contributed by atoms with E-state index in [2.05, 4.69) is 46.0 Å². The number of hydrogen-bond donors (Lipinski definition) is 2. The Morgan fingerprint density at radius 1 is 1.20 bits per heavy atom. The third-order valence-corrected chi connectivity index (χ3v) is 6.07. The lowest BCUT2D eigenvalue weighted by Gasteiger charge is -2.21. The number of nitrogens with one attached hydrogen (secondary N) is 1. The van der Waals surface area contributed by atoms with Crippen LogP contribution in [-0.4, -0.2) is 32.1 Å². The van der Waals surface area contributed by atoms with Crippen LogP contribution >= 0.6 is 0 Å². The number of nitrogens with two attached hydrogens (primary N) is 1. The number of nitrogens with zero attached hydrogens (tertiary/aromatic N) is 4. The van der Waals surface area contributed by atoms with Crippen LogP contribution in [0.1, 0.15) is 70.2 Å². The number of aromatic nitrogens is 3. The summed E-state index contributed by atoms with van der Waals surface area (Å²) in [4.78, 5) is 6.46. The second kappa shape index (κ2) is 9.32. The highest BCUT2D eigenvalue weighted by Crippen LogP contribution is 2.32. The van der Waals surface area contributed by atoms with E-state index in [1.807, 2.05) is 11.0 Å². The maximum absolute atomic E-state index is 7.75. The van der Waals surface area contributed by atoms with E-state index < -0.39 is 0 Å². The van der Waals surface area contributed by atoms with Crippen molar-refractivity contribution in [2.24, 2.45) is 5.73 Å². The van der Waals surface area contributed by atoms with Crippen LogP contribution in [-0.2, 0) is 6.54 Å². The smallest absolute Gasteiger partial charge is 0.249 e. The third-order valence-electron chi connectivity index (χ3n) is 6.07. The summed E-state index contributed by atoms with van der Waals surface area (Å²) in [7, 11) is 0. The molecule has 0 aliphatic carbocycles. The first-order chi connectivity index (χ1) is 14.7. The molecule has 3 heterocycles. The van der Waals surface area contributed by atoms with Crippen molar-refractivity contribution in [1.29, 1.82) is 5.41 Å². The second-order valence-corrected chi connectivity index (χ2v) is 8.24. The lowest BCUT2D eigenvalue weighted by Crippen LogP contribution is -2.35. The van der Waals surface area contributed by atoms with E-state index in [1.54, 1.807) is 0 Å².